The quantitative estimate of drug-likeness (QED) is 0.371. The van der Waals surface area contributed by atoms with E-state index in [-0.39, 0.29) is 10.9 Å². The summed E-state index contributed by atoms with van der Waals surface area (Å²) in [5, 5.41) is 1.93. The van der Waals surface area contributed by atoms with Gasteiger partial charge >= 0.3 is 0 Å². The Morgan fingerprint density at radius 1 is 1.00 bits per heavy atom. The molecule has 0 unspecified atom stereocenters. The van der Waals surface area contributed by atoms with Gasteiger partial charge < -0.3 is 15.1 Å². The summed E-state index contributed by atoms with van der Waals surface area (Å²) in [7, 11) is -3.92. The number of nitrogens with one attached hydrogen (secondary N) is 2. The third-order valence-electron chi connectivity index (χ3n) is 7.67. The highest BCUT2D eigenvalue weighted by atomic mass is 35.5. The summed E-state index contributed by atoms with van der Waals surface area (Å²) in [5.41, 5.74) is 3.92. The molecule has 5 rings (SSSR count). The van der Waals surface area contributed by atoms with Gasteiger partial charge in [-0.05, 0) is 60.7 Å². The summed E-state index contributed by atoms with van der Waals surface area (Å²) in [5.74, 6) is -0.412. The van der Waals surface area contributed by atoms with E-state index in [9.17, 15) is 13.2 Å². The van der Waals surface area contributed by atoms with Crippen LogP contribution in [-0.2, 0) is 21.2 Å². The van der Waals surface area contributed by atoms with Crippen LogP contribution in [0.2, 0.25) is 0 Å². The highest BCUT2D eigenvalue weighted by Crippen LogP contribution is 2.34. The van der Waals surface area contributed by atoms with E-state index in [1.54, 1.807) is 30.3 Å². The number of rotatable bonds is 8. The number of benzene rings is 3. The number of sulfonamides is 1. The fourth-order valence-corrected chi connectivity index (χ4v) is 7.18. The molecule has 1 aliphatic heterocycles. The molecule has 1 fully saturated rings. The van der Waals surface area contributed by atoms with Crippen molar-refractivity contribution in [3.05, 3.63) is 89.5 Å². The average molecular weight is 567 g/mol. The molecule has 7 nitrogen and oxygen atoms in total. The highest BCUT2D eigenvalue weighted by Gasteiger charge is 2.30. The number of piperazine rings is 1. The van der Waals surface area contributed by atoms with Crippen LogP contribution in [0.4, 0.5) is 11.4 Å². The third-order valence-corrected chi connectivity index (χ3v) is 9.62. The maximum absolute atomic E-state index is 14.0. The number of hydrogen-bond acceptors (Lipinski definition) is 5. The van der Waals surface area contributed by atoms with Gasteiger partial charge in [0, 0.05) is 37.9 Å². The van der Waals surface area contributed by atoms with E-state index in [0.29, 0.717) is 16.9 Å². The van der Waals surface area contributed by atoms with Crippen LogP contribution in [0.25, 0.3) is 0 Å². The molecule has 1 aliphatic carbocycles. The van der Waals surface area contributed by atoms with Crippen LogP contribution in [0.1, 0.15) is 47.9 Å². The molecule has 0 saturated carbocycles. The van der Waals surface area contributed by atoms with E-state index in [4.69, 9.17) is 11.6 Å². The number of likely N-dealkylation sites (N-methyl/N-ethyl adjacent to an activating group) is 1. The molecule has 3 aromatic rings. The van der Waals surface area contributed by atoms with Crippen molar-refractivity contribution in [2.24, 2.45) is 0 Å². The van der Waals surface area contributed by atoms with Gasteiger partial charge in [-0.25, -0.2) is 13.1 Å². The van der Waals surface area contributed by atoms with Gasteiger partial charge in [-0.15, -0.1) is 11.6 Å². The molecule has 0 radical (unpaired) electrons. The lowest BCUT2D eigenvalue weighted by Crippen LogP contribution is -2.46. The maximum atomic E-state index is 14.0. The number of anilines is 2. The fourth-order valence-electron chi connectivity index (χ4n) is 5.48. The standard InChI is InChI=1S/C30H35ClN4O3S/c1-2-34-17-19-35(20-18-34)27-16-15-24(32-30(36)29(31)23-10-4-3-5-11-23)21-28(27)39(37,38)33-26-14-8-12-22-9-6-7-13-25(22)26/h3-7,9-11,13,15-16,21,26,29,33H,2,8,12,14,17-20H2,1H3,(H,32,36)/t26-,29-/m0/s1. The van der Waals surface area contributed by atoms with Crippen LogP contribution in [0.5, 0.6) is 0 Å². The van der Waals surface area contributed by atoms with Gasteiger partial charge in [0.2, 0.25) is 15.9 Å². The summed E-state index contributed by atoms with van der Waals surface area (Å²) >= 11 is 6.44. The molecule has 39 heavy (non-hydrogen) atoms. The Kier molecular flexibility index (Phi) is 8.57. The van der Waals surface area contributed by atoms with Crippen LogP contribution in [0.3, 0.4) is 0 Å². The Bertz CT molecular complexity index is 1410. The minimum absolute atomic E-state index is 0.166. The van der Waals surface area contributed by atoms with Crippen LogP contribution in [-0.4, -0.2) is 51.9 Å². The van der Waals surface area contributed by atoms with Crippen molar-refractivity contribution < 1.29 is 13.2 Å². The zero-order valence-corrected chi connectivity index (χ0v) is 23.7. The number of carbonyl (C=O) groups excluding carboxylic acids is 1. The molecule has 0 spiro atoms. The maximum Gasteiger partial charge on any atom is 0.246 e. The lowest BCUT2D eigenvalue weighted by atomic mass is 9.88. The van der Waals surface area contributed by atoms with Crippen LogP contribution in [0.15, 0.2) is 77.7 Å². The van der Waals surface area contributed by atoms with Gasteiger partial charge in [-0.1, -0.05) is 61.5 Å². The smallest absolute Gasteiger partial charge is 0.246 e. The number of amides is 1. The molecule has 3 aromatic carbocycles. The number of hydrogen-bond donors (Lipinski definition) is 2. The summed E-state index contributed by atoms with van der Waals surface area (Å²) < 4.78 is 31.0. The number of alkyl halides is 1. The highest BCUT2D eigenvalue weighted by molar-refractivity contribution is 7.89. The van der Waals surface area contributed by atoms with Crippen molar-refractivity contribution in [3.63, 3.8) is 0 Å². The molecule has 0 aromatic heterocycles. The lowest BCUT2D eigenvalue weighted by molar-refractivity contribution is -0.116. The van der Waals surface area contributed by atoms with Gasteiger partial charge in [-0.3, -0.25) is 4.79 Å². The molecule has 0 bridgehead atoms. The summed E-state index contributed by atoms with van der Waals surface area (Å²) in [6, 6.07) is 21.9. The Morgan fingerprint density at radius 3 is 2.46 bits per heavy atom. The predicted octanol–water partition coefficient (Wildman–Crippen LogP) is 5.10. The first kappa shape index (κ1) is 27.6. The average Bonchev–Trinajstić information content (AvgIpc) is 2.97. The van der Waals surface area contributed by atoms with Gasteiger partial charge in [0.15, 0.2) is 0 Å². The molecule has 1 amide bonds. The van der Waals surface area contributed by atoms with E-state index in [1.807, 2.05) is 36.4 Å². The molecular formula is C30H35ClN4O3S. The van der Waals surface area contributed by atoms with Gasteiger partial charge in [-0.2, -0.15) is 0 Å². The fraction of sp³-hybridized carbons (Fsp3) is 0.367. The largest absolute Gasteiger partial charge is 0.368 e. The Balaban J connectivity index is 1.45. The number of carbonyl (C=O) groups is 1. The number of nitrogens with zero attached hydrogens (tertiary/aromatic N) is 2. The number of aryl methyl sites for hydroxylation is 1. The van der Waals surface area contributed by atoms with Crippen molar-refractivity contribution in [2.45, 2.75) is 42.5 Å². The Hall–Kier alpha value is -2.91. The Labute approximate surface area is 236 Å². The zero-order valence-electron chi connectivity index (χ0n) is 22.1. The van der Waals surface area contributed by atoms with Crippen LogP contribution < -0.4 is 14.9 Å². The first-order valence-electron chi connectivity index (χ1n) is 13.6. The van der Waals surface area contributed by atoms with Crippen molar-refractivity contribution in [3.8, 4) is 0 Å². The molecular weight excluding hydrogens is 532 g/mol. The molecule has 2 aliphatic rings. The van der Waals surface area contributed by atoms with E-state index in [2.05, 4.69) is 32.8 Å². The first-order valence-corrected chi connectivity index (χ1v) is 15.5. The molecule has 1 heterocycles. The molecule has 206 valence electrons. The van der Waals surface area contributed by atoms with Crippen molar-refractivity contribution in [1.82, 2.24) is 9.62 Å². The van der Waals surface area contributed by atoms with Crippen molar-refractivity contribution >= 4 is 38.9 Å². The van der Waals surface area contributed by atoms with Crippen molar-refractivity contribution in [1.29, 1.82) is 0 Å². The lowest BCUT2D eigenvalue weighted by Gasteiger charge is -2.36. The topological polar surface area (TPSA) is 81.8 Å². The van der Waals surface area contributed by atoms with E-state index >= 15 is 0 Å². The second-order valence-corrected chi connectivity index (χ2v) is 12.3. The number of halogens is 1. The van der Waals surface area contributed by atoms with E-state index < -0.39 is 21.3 Å². The number of fused-ring (bicyclic) bond motifs is 1. The van der Waals surface area contributed by atoms with Crippen molar-refractivity contribution in [2.75, 3.05) is 42.9 Å². The van der Waals surface area contributed by atoms with Crippen LogP contribution in [0, 0.1) is 0 Å². The van der Waals surface area contributed by atoms with Gasteiger partial charge in [0.05, 0.1) is 5.69 Å². The normalized spacial score (nSPS) is 18.8. The molecule has 9 heteroatoms. The van der Waals surface area contributed by atoms with E-state index in [0.717, 1.165) is 57.5 Å². The first-order chi connectivity index (χ1) is 18.9. The van der Waals surface area contributed by atoms with Crippen LogP contribution >= 0.6 is 11.6 Å². The molecule has 1 saturated heterocycles. The zero-order chi connectivity index (χ0) is 27.4. The summed E-state index contributed by atoms with van der Waals surface area (Å²) in [4.78, 5) is 17.6. The summed E-state index contributed by atoms with van der Waals surface area (Å²) in [6.07, 6.45) is 2.61. The van der Waals surface area contributed by atoms with Gasteiger partial charge in [0.25, 0.3) is 0 Å². The predicted molar refractivity (Wildman–Crippen MR) is 157 cm³/mol. The minimum Gasteiger partial charge on any atom is -0.368 e. The molecule has 2 N–H and O–H groups in total. The monoisotopic (exact) mass is 566 g/mol. The van der Waals surface area contributed by atoms with E-state index in [1.165, 1.54) is 5.56 Å². The molecule has 2 atom stereocenters. The second kappa shape index (κ2) is 12.1. The minimum atomic E-state index is -3.92. The third kappa shape index (κ3) is 6.30. The SMILES string of the molecule is CCN1CCN(c2ccc(NC(=O)[C@@H](Cl)c3ccccc3)cc2S(=O)(=O)N[C@H]2CCCc3ccccc32)CC1. The second-order valence-electron chi connectivity index (χ2n) is 10.1. The van der Waals surface area contributed by atoms with Gasteiger partial charge in [0.1, 0.15) is 10.3 Å². The Morgan fingerprint density at radius 2 is 1.72 bits per heavy atom. The summed E-state index contributed by atoms with van der Waals surface area (Å²) in [6.45, 7) is 6.28.